The van der Waals surface area contributed by atoms with Gasteiger partial charge in [0.05, 0.1) is 12.1 Å². The van der Waals surface area contributed by atoms with E-state index in [0.29, 0.717) is 34.1 Å². The van der Waals surface area contributed by atoms with E-state index >= 15 is 0 Å². The number of aromatic nitrogens is 3. The van der Waals surface area contributed by atoms with Gasteiger partial charge in [-0.1, -0.05) is 18.2 Å². The van der Waals surface area contributed by atoms with Gasteiger partial charge in [-0.3, -0.25) is 4.79 Å². The minimum atomic E-state index is -0.390. The molecule has 0 saturated heterocycles. The number of nitrogens with zero attached hydrogens (tertiary/aromatic N) is 3. The van der Waals surface area contributed by atoms with Crippen molar-refractivity contribution in [2.24, 2.45) is 0 Å². The molecule has 2 aromatic heterocycles. The standard InChI is InChI=1S/C18H16FN5OS/c19-13-4-2-1-3-11(13)9-16(25)24-18-23-15(10-26-18)14-7-8-20-17(22-14)21-12-5-6-12/h1-4,7-8,10,12H,5-6,9H2,(H,20,21,22)(H,23,24,25). The van der Waals surface area contributed by atoms with Crippen LogP contribution in [0.15, 0.2) is 41.9 Å². The van der Waals surface area contributed by atoms with Crippen molar-refractivity contribution in [2.75, 3.05) is 10.6 Å². The summed E-state index contributed by atoms with van der Waals surface area (Å²) in [6.45, 7) is 0. The van der Waals surface area contributed by atoms with Crippen LogP contribution in [-0.2, 0) is 11.2 Å². The smallest absolute Gasteiger partial charge is 0.230 e. The first kappa shape index (κ1) is 16.6. The zero-order valence-electron chi connectivity index (χ0n) is 13.8. The van der Waals surface area contributed by atoms with Crippen molar-refractivity contribution in [1.82, 2.24) is 15.0 Å². The first-order valence-corrected chi connectivity index (χ1v) is 9.14. The number of nitrogens with one attached hydrogen (secondary N) is 2. The summed E-state index contributed by atoms with van der Waals surface area (Å²) in [6.07, 6.45) is 3.93. The Hall–Kier alpha value is -2.87. The van der Waals surface area contributed by atoms with E-state index < -0.39 is 0 Å². The van der Waals surface area contributed by atoms with Crippen LogP contribution in [0.1, 0.15) is 18.4 Å². The summed E-state index contributed by atoms with van der Waals surface area (Å²) in [7, 11) is 0. The van der Waals surface area contributed by atoms with Crippen LogP contribution in [0.4, 0.5) is 15.5 Å². The van der Waals surface area contributed by atoms with Crippen LogP contribution in [0.3, 0.4) is 0 Å². The average molecular weight is 369 g/mol. The van der Waals surface area contributed by atoms with Gasteiger partial charge in [-0.05, 0) is 30.5 Å². The second kappa shape index (κ2) is 7.17. The molecule has 3 aromatic rings. The molecule has 8 heteroatoms. The fourth-order valence-corrected chi connectivity index (χ4v) is 3.13. The fourth-order valence-electron chi connectivity index (χ4n) is 2.41. The molecule has 1 aromatic carbocycles. The topological polar surface area (TPSA) is 79.8 Å². The molecule has 0 aliphatic heterocycles. The lowest BCUT2D eigenvalue weighted by molar-refractivity contribution is -0.115. The predicted octanol–water partition coefficient (Wildman–Crippen LogP) is 3.49. The molecular formula is C18H16FN5OS. The quantitative estimate of drug-likeness (QED) is 0.695. The summed E-state index contributed by atoms with van der Waals surface area (Å²) in [5, 5.41) is 8.23. The van der Waals surface area contributed by atoms with E-state index in [9.17, 15) is 9.18 Å². The van der Waals surface area contributed by atoms with Crippen LogP contribution in [0.25, 0.3) is 11.4 Å². The largest absolute Gasteiger partial charge is 0.351 e. The highest BCUT2D eigenvalue weighted by Gasteiger charge is 2.22. The lowest BCUT2D eigenvalue weighted by Gasteiger charge is -2.04. The Bertz CT molecular complexity index is 941. The lowest BCUT2D eigenvalue weighted by Crippen LogP contribution is -2.15. The number of thiazole rings is 1. The average Bonchev–Trinajstić information content (AvgIpc) is 3.32. The first-order valence-electron chi connectivity index (χ1n) is 8.26. The number of benzene rings is 1. The van der Waals surface area contributed by atoms with Crippen LogP contribution in [-0.4, -0.2) is 26.9 Å². The molecular weight excluding hydrogens is 353 g/mol. The van der Waals surface area contributed by atoms with Gasteiger partial charge in [0.1, 0.15) is 11.5 Å². The number of hydrogen-bond donors (Lipinski definition) is 2. The minimum absolute atomic E-state index is 0.0372. The Balaban J connectivity index is 1.43. The van der Waals surface area contributed by atoms with Gasteiger partial charge < -0.3 is 10.6 Å². The van der Waals surface area contributed by atoms with Crippen LogP contribution < -0.4 is 10.6 Å². The maximum Gasteiger partial charge on any atom is 0.230 e. The highest BCUT2D eigenvalue weighted by molar-refractivity contribution is 7.14. The van der Waals surface area contributed by atoms with Gasteiger partial charge in [-0.2, -0.15) is 0 Å². The van der Waals surface area contributed by atoms with Crippen molar-refractivity contribution in [3.8, 4) is 11.4 Å². The molecule has 1 fully saturated rings. The Morgan fingerprint density at radius 1 is 1.19 bits per heavy atom. The molecule has 0 atom stereocenters. The second-order valence-corrected chi connectivity index (χ2v) is 6.90. The zero-order valence-corrected chi connectivity index (χ0v) is 14.6. The summed E-state index contributed by atoms with van der Waals surface area (Å²) >= 11 is 1.30. The molecule has 2 N–H and O–H groups in total. The van der Waals surface area contributed by atoms with E-state index in [1.807, 2.05) is 5.38 Å². The fraction of sp³-hybridized carbons (Fsp3) is 0.222. The normalized spacial score (nSPS) is 13.4. The Kier molecular flexibility index (Phi) is 4.57. The van der Waals surface area contributed by atoms with Gasteiger partial charge in [0.15, 0.2) is 5.13 Å². The van der Waals surface area contributed by atoms with Gasteiger partial charge >= 0.3 is 0 Å². The van der Waals surface area contributed by atoms with E-state index in [-0.39, 0.29) is 18.1 Å². The molecule has 4 rings (SSSR count). The zero-order chi connectivity index (χ0) is 17.9. The Morgan fingerprint density at radius 3 is 2.85 bits per heavy atom. The number of carbonyl (C=O) groups is 1. The first-order chi connectivity index (χ1) is 12.7. The van der Waals surface area contributed by atoms with Gasteiger partial charge in [-0.15, -0.1) is 11.3 Å². The summed E-state index contributed by atoms with van der Waals surface area (Å²) in [4.78, 5) is 25.2. The molecule has 0 bridgehead atoms. The van der Waals surface area contributed by atoms with E-state index in [0.717, 1.165) is 12.8 Å². The SMILES string of the molecule is O=C(Cc1ccccc1F)Nc1nc(-c2ccnc(NC3CC3)n2)cs1. The number of halogens is 1. The van der Waals surface area contributed by atoms with E-state index in [2.05, 4.69) is 25.6 Å². The highest BCUT2D eigenvalue weighted by Crippen LogP contribution is 2.26. The maximum absolute atomic E-state index is 13.6. The number of hydrogen-bond acceptors (Lipinski definition) is 6. The monoisotopic (exact) mass is 369 g/mol. The van der Waals surface area contributed by atoms with Gasteiger partial charge in [0, 0.05) is 17.6 Å². The molecule has 1 amide bonds. The molecule has 1 aliphatic rings. The lowest BCUT2D eigenvalue weighted by atomic mass is 10.1. The van der Waals surface area contributed by atoms with Crippen molar-refractivity contribution in [1.29, 1.82) is 0 Å². The third-order valence-electron chi connectivity index (χ3n) is 3.89. The number of anilines is 2. The maximum atomic E-state index is 13.6. The van der Waals surface area contributed by atoms with Gasteiger partial charge in [0.25, 0.3) is 0 Å². The molecule has 1 aliphatic carbocycles. The van der Waals surface area contributed by atoms with Crippen molar-refractivity contribution in [3.63, 3.8) is 0 Å². The van der Waals surface area contributed by atoms with Crippen LogP contribution >= 0.6 is 11.3 Å². The number of amides is 1. The van der Waals surface area contributed by atoms with Gasteiger partial charge in [0.2, 0.25) is 11.9 Å². The van der Waals surface area contributed by atoms with Crippen molar-refractivity contribution < 1.29 is 9.18 Å². The Morgan fingerprint density at radius 2 is 2.04 bits per heavy atom. The summed E-state index contributed by atoms with van der Waals surface area (Å²) in [6, 6.07) is 8.48. The molecule has 6 nitrogen and oxygen atoms in total. The molecule has 0 spiro atoms. The second-order valence-electron chi connectivity index (χ2n) is 6.04. The molecule has 26 heavy (non-hydrogen) atoms. The third kappa shape index (κ3) is 4.02. The molecule has 2 heterocycles. The Labute approximate surface area is 153 Å². The van der Waals surface area contributed by atoms with Crippen molar-refractivity contribution in [2.45, 2.75) is 25.3 Å². The van der Waals surface area contributed by atoms with Crippen LogP contribution in [0.5, 0.6) is 0 Å². The van der Waals surface area contributed by atoms with Crippen molar-refractivity contribution >= 4 is 28.3 Å². The summed E-state index contributed by atoms with van der Waals surface area (Å²) in [5.41, 5.74) is 1.71. The number of rotatable bonds is 6. The molecule has 0 unspecified atom stereocenters. The minimum Gasteiger partial charge on any atom is -0.351 e. The molecule has 0 radical (unpaired) electrons. The number of carbonyl (C=O) groups excluding carboxylic acids is 1. The van der Waals surface area contributed by atoms with Crippen LogP contribution in [0, 0.1) is 5.82 Å². The molecule has 1 saturated carbocycles. The van der Waals surface area contributed by atoms with E-state index in [1.165, 1.54) is 17.4 Å². The summed E-state index contributed by atoms with van der Waals surface area (Å²) < 4.78 is 13.6. The van der Waals surface area contributed by atoms with Gasteiger partial charge in [-0.25, -0.2) is 19.3 Å². The van der Waals surface area contributed by atoms with Crippen LogP contribution in [0.2, 0.25) is 0 Å². The highest BCUT2D eigenvalue weighted by atomic mass is 32.1. The molecule has 132 valence electrons. The van der Waals surface area contributed by atoms with E-state index in [4.69, 9.17) is 0 Å². The van der Waals surface area contributed by atoms with E-state index in [1.54, 1.807) is 30.5 Å². The van der Waals surface area contributed by atoms with Crippen molar-refractivity contribution in [3.05, 3.63) is 53.3 Å². The third-order valence-corrected chi connectivity index (χ3v) is 4.65. The summed E-state index contributed by atoms with van der Waals surface area (Å²) in [5.74, 6) is -0.114. The predicted molar refractivity (Wildman–Crippen MR) is 98.5 cm³/mol.